The average Bonchev–Trinajstić information content (AvgIpc) is 3.07. The van der Waals surface area contributed by atoms with Crippen LogP contribution in [0, 0.1) is 0 Å². The molecule has 1 saturated heterocycles. The second kappa shape index (κ2) is 5.63. The van der Waals surface area contributed by atoms with E-state index in [-0.39, 0.29) is 5.91 Å². The fourth-order valence-corrected chi connectivity index (χ4v) is 2.92. The zero-order chi connectivity index (χ0) is 13.9. The number of hydrogen-bond donors (Lipinski definition) is 1. The predicted octanol–water partition coefficient (Wildman–Crippen LogP) is 1.58. The van der Waals surface area contributed by atoms with Gasteiger partial charge in [-0.3, -0.25) is 4.79 Å². The molecule has 1 atom stereocenters. The van der Waals surface area contributed by atoms with Gasteiger partial charge < -0.3 is 14.7 Å². The maximum absolute atomic E-state index is 12.5. The third-order valence-electron chi connectivity index (χ3n) is 3.91. The monoisotopic (exact) mass is 273 g/mol. The van der Waals surface area contributed by atoms with Gasteiger partial charge in [-0.2, -0.15) is 0 Å². The zero-order valence-corrected chi connectivity index (χ0v) is 11.6. The molecule has 0 spiro atoms. The molecule has 2 aromatic rings. The maximum atomic E-state index is 12.5. The largest absolute Gasteiger partial charge is 0.356 e. The number of rotatable bonds is 4. The minimum atomic E-state index is 0.141. The van der Waals surface area contributed by atoms with Crippen LogP contribution in [0.2, 0.25) is 0 Å². The van der Waals surface area contributed by atoms with Gasteiger partial charge in [-0.15, -0.1) is 0 Å². The lowest BCUT2D eigenvalue weighted by atomic mass is 10.1. The van der Waals surface area contributed by atoms with E-state index in [1.54, 1.807) is 0 Å². The first-order valence-electron chi connectivity index (χ1n) is 7.07. The Bertz CT molecular complexity index is 608. The molecule has 0 bridgehead atoms. The van der Waals surface area contributed by atoms with Gasteiger partial charge >= 0.3 is 0 Å². The van der Waals surface area contributed by atoms with Crippen LogP contribution in [0.25, 0.3) is 11.0 Å². The van der Waals surface area contributed by atoms with Gasteiger partial charge in [0.25, 0.3) is 0 Å². The van der Waals surface area contributed by atoms with Gasteiger partial charge in [0.15, 0.2) is 5.58 Å². The fraction of sp³-hybridized carbons (Fsp3) is 0.467. The standard InChI is InChI=1S/C15H19N3O2/c1-16-10-11-5-4-8-18(11)15(19)9-13-12-6-2-3-7-14(12)20-17-13/h2-3,6-7,11,16H,4-5,8-10H2,1H3. The van der Waals surface area contributed by atoms with E-state index in [1.165, 1.54) is 0 Å². The van der Waals surface area contributed by atoms with E-state index in [0.29, 0.717) is 12.5 Å². The molecular formula is C15H19N3O2. The van der Waals surface area contributed by atoms with Crippen molar-refractivity contribution in [3.05, 3.63) is 30.0 Å². The molecule has 5 heteroatoms. The number of nitrogens with zero attached hydrogens (tertiary/aromatic N) is 2. The highest BCUT2D eigenvalue weighted by Crippen LogP contribution is 2.21. The van der Waals surface area contributed by atoms with E-state index in [0.717, 1.165) is 42.6 Å². The predicted molar refractivity (Wildman–Crippen MR) is 76.4 cm³/mol. The second-order valence-electron chi connectivity index (χ2n) is 5.24. The van der Waals surface area contributed by atoms with Gasteiger partial charge in [0.05, 0.1) is 6.42 Å². The van der Waals surface area contributed by atoms with Crippen LogP contribution in [0.5, 0.6) is 0 Å². The first kappa shape index (κ1) is 13.1. The highest BCUT2D eigenvalue weighted by molar-refractivity contribution is 5.86. The van der Waals surface area contributed by atoms with Crippen LogP contribution < -0.4 is 5.32 Å². The van der Waals surface area contributed by atoms with Crippen molar-refractivity contribution in [2.45, 2.75) is 25.3 Å². The summed E-state index contributed by atoms with van der Waals surface area (Å²) in [6, 6.07) is 7.97. The Morgan fingerprint density at radius 2 is 2.35 bits per heavy atom. The van der Waals surface area contributed by atoms with Gasteiger partial charge in [-0.05, 0) is 32.0 Å². The zero-order valence-electron chi connectivity index (χ0n) is 11.6. The van der Waals surface area contributed by atoms with Crippen molar-refractivity contribution >= 4 is 16.9 Å². The number of hydrogen-bond acceptors (Lipinski definition) is 4. The van der Waals surface area contributed by atoms with Crippen LogP contribution in [-0.2, 0) is 11.2 Å². The number of likely N-dealkylation sites (tertiary alicyclic amines) is 1. The van der Waals surface area contributed by atoms with Crippen molar-refractivity contribution in [2.24, 2.45) is 0 Å². The molecule has 0 aliphatic carbocycles. The second-order valence-corrected chi connectivity index (χ2v) is 5.24. The van der Waals surface area contributed by atoms with Crippen LogP contribution in [-0.4, -0.2) is 42.1 Å². The number of carbonyl (C=O) groups is 1. The minimum absolute atomic E-state index is 0.141. The number of carbonyl (C=O) groups excluding carboxylic acids is 1. The van der Waals surface area contributed by atoms with Crippen LogP contribution in [0.4, 0.5) is 0 Å². The average molecular weight is 273 g/mol. The topological polar surface area (TPSA) is 58.4 Å². The van der Waals surface area contributed by atoms with Crippen LogP contribution >= 0.6 is 0 Å². The number of fused-ring (bicyclic) bond motifs is 1. The molecule has 1 N–H and O–H groups in total. The molecule has 20 heavy (non-hydrogen) atoms. The summed E-state index contributed by atoms with van der Waals surface area (Å²) < 4.78 is 5.25. The summed E-state index contributed by atoms with van der Waals surface area (Å²) in [6.07, 6.45) is 2.47. The van der Waals surface area contributed by atoms with E-state index in [1.807, 2.05) is 36.2 Å². The van der Waals surface area contributed by atoms with Gasteiger partial charge in [-0.25, -0.2) is 0 Å². The van der Waals surface area contributed by atoms with Crippen LogP contribution in [0.3, 0.4) is 0 Å². The summed E-state index contributed by atoms with van der Waals surface area (Å²) in [6.45, 7) is 1.70. The van der Waals surface area contributed by atoms with E-state index in [2.05, 4.69) is 10.5 Å². The third-order valence-corrected chi connectivity index (χ3v) is 3.91. The third kappa shape index (κ3) is 2.41. The highest BCUT2D eigenvalue weighted by Gasteiger charge is 2.28. The molecule has 1 aliphatic heterocycles. The highest BCUT2D eigenvalue weighted by atomic mass is 16.5. The Morgan fingerprint density at radius 1 is 1.50 bits per heavy atom. The number of nitrogens with one attached hydrogen (secondary N) is 1. The quantitative estimate of drug-likeness (QED) is 0.919. The minimum Gasteiger partial charge on any atom is -0.356 e. The fourth-order valence-electron chi connectivity index (χ4n) is 2.92. The van der Waals surface area contributed by atoms with Crippen molar-refractivity contribution in [1.29, 1.82) is 0 Å². The summed E-state index contributed by atoms with van der Waals surface area (Å²) >= 11 is 0. The molecular weight excluding hydrogens is 254 g/mol. The summed E-state index contributed by atoms with van der Waals surface area (Å²) in [7, 11) is 1.92. The number of para-hydroxylation sites is 1. The van der Waals surface area contributed by atoms with Crippen molar-refractivity contribution in [2.75, 3.05) is 20.1 Å². The lowest BCUT2D eigenvalue weighted by Gasteiger charge is -2.24. The van der Waals surface area contributed by atoms with Crippen molar-refractivity contribution < 1.29 is 9.32 Å². The molecule has 0 saturated carbocycles. The van der Waals surface area contributed by atoms with Gasteiger partial charge in [0.2, 0.25) is 5.91 Å². The molecule has 1 fully saturated rings. The Hall–Kier alpha value is -1.88. The van der Waals surface area contributed by atoms with Crippen LogP contribution in [0.1, 0.15) is 18.5 Å². The summed E-state index contributed by atoms with van der Waals surface area (Å²) in [5.41, 5.74) is 1.48. The summed E-state index contributed by atoms with van der Waals surface area (Å²) in [5.74, 6) is 0.141. The Kier molecular flexibility index (Phi) is 3.69. The van der Waals surface area contributed by atoms with E-state index in [9.17, 15) is 4.79 Å². The molecule has 2 heterocycles. The molecule has 0 radical (unpaired) electrons. The first-order valence-corrected chi connectivity index (χ1v) is 7.07. The number of benzene rings is 1. The van der Waals surface area contributed by atoms with Gasteiger partial charge in [0, 0.05) is 24.5 Å². The summed E-state index contributed by atoms with van der Waals surface area (Å²) in [5, 5.41) is 8.13. The van der Waals surface area contributed by atoms with Crippen molar-refractivity contribution in [3.63, 3.8) is 0 Å². The van der Waals surface area contributed by atoms with E-state index >= 15 is 0 Å². The lowest BCUT2D eigenvalue weighted by Crippen LogP contribution is -2.41. The number of likely N-dealkylation sites (N-methyl/N-ethyl adjacent to an activating group) is 1. The van der Waals surface area contributed by atoms with Crippen molar-refractivity contribution in [1.82, 2.24) is 15.4 Å². The molecule has 106 valence electrons. The molecule has 1 amide bonds. The lowest BCUT2D eigenvalue weighted by molar-refractivity contribution is -0.131. The van der Waals surface area contributed by atoms with Crippen molar-refractivity contribution in [3.8, 4) is 0 Å². The molecule has 5 nitrogen and oxygen atoms in total. The normalized spacial score (nSPS) is 18.9. The molecule has 1 aromatic heterocycles. The molecule has 1 aromatic carbocycles. The Balaban J connectivity index is 1.75. The summed E-state index contributed by atoms with van der Waals surface area (Å²) in [4.78, 5) is 14.4. The van der Waals surface area contributed by atoms with E-state index in [4.69, 9.17) is 4.52 Å². The first-order chi connectivity index (χ1) is 9.79. The van der Waals surface area contributed by atoms with Gasteiger partial charge in [0.1, 0.15) is 5.69 Å². The maximum Gasteiger partial charge on any atom is 0.229 e. The Morgan fingerprint density at radius 3 is 3.20 bits per heavy atom. The number of aromatic nitrogens is 1. The van der Waals surface area contributed by atoms with Gasteiger partial charge in [-0.1, -0.05) is 17.3 Å². The van der Waals surface area contributed by atoms with E-state index < -0.39 is 0 Å². The Labute approximate surface area is 117 Å². The molecule has 3 rings (SSSR count). The smallest absolute Gasteiger partial charge is 0.229 e. The molecule has 1 unspecified atom stereocenters. The van der Waals surface area contributed by atoms with Crippen LogP contribution in [0.15, 0.2) is 28.8 Å². The number of amides is 1. The molecule has 1 aliphatic rings. The SMILES string of the molecule is CNCC1CCCN1C(=O)Cc1noc2ccccc12.